The van der Waals surface area contributed by atoms with Crippen molar-refractivity contribution < 1.29 is 12.9 Å². The van der Waals surface area contributed by atoms with Gasteiger partial charge in [0, 0.05) is 17.1 Å². The van der Waals surface area contributed by atoms with Crippen molar-refractivity contribution in [3.05, 3.63) is 47.9 Å². The van der Waals surface area contributed by atoms with Crippen LogP contribution in [0.1, 0.15) is 11.3 Å². The summed E-state index contributed by atoms with van der Waals surface area (Å²) >= 11 is 0. The highest BCUT2D eigenvalue weighted by Gasteiger charge is 2.19. The Balaban J connectivity index is 2.02. The van der Waals surface area contributed by atoms with Crippen LogP contribution in [-0.4, -0.2) is 18.6 Å². The number of hydrogen-bond acceptors (Lipinski definition) is 5. The second kappa shape index (κ2) is 4.85. The van der Waals surface area contributed by atoms with Crippen LogP contribution in [0.25, 0.3) is 10.9 Å². The van der Waals surface area contributed by atoms with Gasteiger partial charge in [0.15, 0.2) is 5.82 Å². The maximum atomic E-state index is 12.4. The molecule has 7 heteroatoms. The molecule has 6 nitrogen and oxygen atoms in total. The van der Waals surface area contributed by atoms with Crippen molar-refractivity contribution in [2.24, 2.45) is 0 Å². The van der Waals surface area contributed by atoms with Gasteiger partial charge >= 0.3 is 0 Å². The zero-order chi connectivity index (χ0) is 15.0. The Morgan fingerprint density at radius 1 is 1.19 bits per heavy atom. The van der Waals surface area contributed by atoms with Crippen LogP contribution in [0.3, 0.4) is 0 Å². The summed E-state index contributed by atoms with van der Waals surface area (Å²) in [7, 11) is -3.73. The summed E-state index contributed by atoms with van der Waals surface area (Å²) in [5.41, 5.74) is 1.28. The van der Waals surface area contributed by atoms with Gasteiger partial charge in [-0.15, -0.1) is 0 Å². The van der Waals surface area contributed by atoms with Crippen LogP contribution in [0.2, 0.25) is 0 Å². The number of rotatable bonds is 3. The molecule has 0 aliphatic heterocycles. The van der Waals surface area contributed by atoms with E-state index in [9.17, 15) is 8.42 Å². The lowest BCUT2D eigenvalue weighted by Crippen LogP contribution is -2.13. The van der Waals surface area contributed by atoms with Crippen molar-refractivity contribution in [3.63, 3.8) is 0 Å². The van der Waals surface area contributed by atoms with Crippen LogP contribution in [0.4, 0.5) is 5.82 Å². The minimum atomic E-state index is -3.73. The molecule has 21 heavy (non-hydrogen) atoms. The highest BCUT2D eigenvalue weighted by atomic mass is 32.2. The Labute approximate surface area is 121 Å². The number of pyridine rings is 1. The third-order valence-corrected chi connectivity index (χ3v) is 4.61. The number of sulfonamides is 1. The molecule has 108 valence electrons. The molecule has 0 fully saturated rings. The number of fused-ring (bicyclic) bond motifs is 1. The standard InChI is InChI=1S/C14H13N3O3S/c1-9-10(2)20-16-14(9)17-21(18,19)12-6-5-11-4-3-7-15-13(11)8-12/h3-8H,1-2H3,(H,16,17). The van der Waals surface area contributed by atoms with E-state index in [4.69, 9.17) is 4.52 Å². The smallest absolute Gasteiger partial charge is 0.263 e. The van der Waals surface area contributed by atoms with Gasteiger partial charge in [-0.3, -0.25) is 9.71 Å². The van der Waals surface area contributed by atoms with Crippen molar-refractivity contribution in [3.8, 4) is 0 Å². The Morgan fingerprint density at radius 2 is 2.00 bits per heavy atom. The van der Waals surface area contributed by atoms with Gasteiger partial charge < -0.3 is 4.52 Å². The summed E-state index contributed by atoms with van der Waals surface area (Å²) in [6.45, 7) is 3.46. The van der Waals surface area contributed by atoms with Gasteiger partial charge in [0.25, 0.3) is 10.0 Å². The third-order valence-electron chi connectivity index (χ3n) is 3.28. The average molecular weight is 303 g/mol. The van der Waals surface area contributed by atoms with Gasteiger partial charge in [-0.05, 0) is 32.0 Å². The Hall–Kier alpha value is -2.41. The zero-order valence-corrected chi connectivity index (χ0v) is 12.3. The molecule has 0 atom stereocenters. The number of anilines is 1. The summed E-state index contributed by atoms with van der Waals surface area (Å²) in [5.74, 6) is 0.779. The third kappa shape index (κ3) is 2.47. The molecule has 0 radical (unpaired) electrons. The van der Waals surface area contributed by atoms with E-state index in [1.165, 1.54) is 12.1 Å². The molecule has 2 aromatic heterocycles. The SMILES string of the molecule is Cc1onc(NS(=O)(=O)c2ccc3cccnc3c2)c1C. The van der Waals surface area contributed by atoms with E-state index in [0.29, 0.717) is 16.8 Å². The second-order valence-corrected chi connectivity index (χ2v) is 6.36. The fraction of sp³-hybridized carbons (Fsp3) is 0.143. The van der Waals surface area contributed by atoms with Crippen molar-refractivity contribution in [1.29, 1.82) is 0 Å². The molecule has 0 aliphatic rings. The summed E-state index contributed by atoms with van der Waals surface area (Å²) in [6.07, 6.45) is 1.62. The molecule has 0 spiro atoms. The van der Waals surface area contributed by atoms with E-state index in [1.54, 1.807) is 32.2 Å². The molecule has 0 saturated carbocycles. The first-order chi connectivity index (χ1) is 9.97. The first-order valence-corrected chi connectivity index (χ1v) is 7.76. The zero-order valence-electron chi connectivity index (χ0n) is 11.5. The fourth-order valence-electron chi connectivity index (χ4n) is 1.91. The number of nitrogens with one attached hydrogen (secondary N) is 1. The average Bonchev–Trinajstić information content (AvgIpc) is 2.78. The van der Waals surface area contributed by atoms with Gasteiger partial charge in [-0.25, -0.2) is 8.42 Å². The van der Waals surface area contributed by atoms with Crippen molar-refractivity contribution in [2.45, 2.75) is 18.7 Å². The lowest BCUT2D eigenvalue weighted by atomic mass is 10.2. The maximum absolute atomic E-state index is 12.4. The van der Waals surface area contributed by atoms with E-state index in [0.717, 1.165) is 5.39 Å². The largest absolute Gasteiger partial charge is 0.359 e. The van der Waals surface area contributed by atoms with Gasteiger partial charge in [0.1, 0.15) is 5.76 Å². The molecular weight excluding hydrogens is 290 g/mol. The Morgan fingerprint density at radius 3 is 2.71 bits per heavy atom. The predicted molar refractivity (Wildman–Crippen MR) is 78.5 cm³/mol. The first kappa shape index (κ1) is 13.6. The second-order valence-electron chi connectivity index (χ2n) is 4.68. The fourth-order valence-corrected chi connectivity index (χ4v) is 2.99. The van der Waals surface area contributed by atoms with E-state index in [-0.39, 0.29) is 10.7 Å². The first-order valence-electron chi connectivity index (χ1n) is 6.28. The summed E-state index contributed by atoms with van der Waals surface area (Å²) in [6, 6.07) is 8.46. The maximum Gasteiger partial charge on any atom is 0.263 e. The van der Waals surface area contributed by atoms with Crippen LogP contribution in [0.5, 0.6) is 0 Å². The topological polar surface area (TPSA) is 85.1 Å². The molecular formula is C14H13N3O3S. The Kier molecular flexibility index (Phi) is 3.13. The van der Waals surface area contributed by atoms with Crippen molar-refractivity contribution >= 4 is 26.7 Å². The molecule has 3 rings (SSSR count). The van der Waals surface area contributed by atoms with E-state index < -0.39 is 10.0 Å². The van der Waals surface area contributed by atoms with Crippen LogP contribution in [0.15, 0.2) is 45.9 Å². The molecule has 1 aromatic carbocycles. The minimum absolute atomic E-state index is 0.133. The van der Waals surface area contributed by atoms with Gasteiger partial charge in [0.05, 0.1) is 10.4 Å². The van der Waals surface area contributed by atoms with E-state index in [1.807, 2.05) is 6.07 Å². The number of aryl methyl sites for hydroxylation is 1. The van der Waals surface area contributed by atoms with Crippen LogP contribution < -0.4 is 4.72 Å². The van der Waals surface area contributed by atoms with Crippen molar-refractivity contribution in [1.82, 2.24) is 10.1 Å². The molecule has 1 N–H and O–H groups in total. The highest BCUT2D eigenvalue weighted by molar-refractivity contribution is 7.92. The number of aromatic nitrogens is 2. The molecule has 0 aliphatic carbocycles. The summed E-state index contributed by atoms with van der Waals surface area (Å²) in [4.78, 5) is 4.29. The lowest BCUT2D eigenvalue weighted by Gasteiger charge is -2.06. The lowest BCUT2D eigenvalue weighted by molar-refractivity contribution is 0.399. The van der Waals surface area contributed by atoms with Crippen LogP contribution in [-0.2, 0) is 10.0 Å². The summed E-state index contributed by atoms with van der Waals surface area (Å²) < 4.78 is 32.2. The molecule has 0 bridgehead atoms. The van der Waals surface area contributed by atoms with E-state index >= 15 is 0 Å². The number of hydrogen-bond donors (Lipinski definition) is 1. The van der Waals surface area contributed by atoms with Crippen LogP contribution >= 0.6 is 0 Å². The minimum Gasteiger partial charge on any atom is -0.359 e. The monoisotopic (exact) mass is 303 g/mol. The summed E-state index contributed by atoms with van der Waals surface area (Å²) in [5, 5.41) is 4.59. The Bertz CT molecular complexity index is 916. The predicted octanol–water partition coefficient (Wildman–Crippen LogP) is 2.64. The van der Waals surface area contributed by atoms with Gasteiger partial charge in [0.2, 0.25) is 0 Å². The molecule has 0 saturated heterocycles. The van der Waals surface area contributed by atoms with Crippen LogP contribution in [0, 0.1) is 13.8 Å². The molecule has 2 heterocycles. The van der Waals surface area contributed by atoms with Crippen molar-refractivity contribution in [2.75, 3.05) is 4.72 Å². The molecule has 3 aromatic rings. The highest BCUT2D eigenvalue weighted by Crippen LogP contribution is 2.22. The van der Waals surface area contributed by atoms with E-state index in [2.05, 4.69) is 14.9 Å². The molecule has 0 unspecified atom stereocenters. The quantitative estimate of drug-likeness (QED) is 0.804. The van der Waals surface area contributed by atoms with Gasteiger partial charge in [-0.1, -0.05) is 17.3 Å². The molecule has 0 amide bonds. The number of nitrogens with zero attached hydrogens (tertiary/aromatic N) is 2. The van der Waals surface area contributed by atoms with Gasteiger partial charge in [-0.2, -0.15) is 0 Å². The normalized spacial score (nSPS) is 11.7. The number of benzene rings is 1.